The molecule has 1 saturated heterocycles. The van der Waals surface area contributed by atoms with Crippen LogP contribution in [0.3, 0.4) is 0 Å². The zero-order chi connectivity index (χ0) is 8.55. The van der Waals surface area contributed by atoms with Crippen molar-refractivity contribution in [1.29, 1.82) is 0 Å². The minimum absolute atomic E-state index is 0. The molecule has 1 atom stereocenters. The minimum atomic E-state index is 0. The molecule has 0 aliphatic carbocycles. The first-order chi connectivity index (χ1) is 5.77. The third-order valence-corrected chi connectivity index (χ3v) is 2.19. The van der Waals surface area contributed by atoms with E-state index in [-0.39, 0.29) is 24.8 Å². The molecule has 0 amide bonds. The smallest absolute Gasteiger partial charge is 0.218 e. The van der Waals surface area contributed by atoms with E-state index in [4.69, 9.17) is 5.73 Å². The van der Waals surface area contributed by atoms with Gasteiger partial charge >= 0.3 is 0 Å². The number of hydrogen-bond acceptors (Lipinski definition) is 4. The molecule has 1 aromatic heterocycles. The predicted molar refractivity (Wildman–Crippen MR) is 59.9 cm³/mol. The maximum atomic E-state index is 5.57. The van der Waals surface area contributed by atoms with Crippen molar-refractivity contribution in [3.63, 3.8) is 0 Å². The first kappa shape index (κ1) is 13.5. The largest absolute Gasteiger partial charge is 0.368 e. The van der Waals surface area contributed by atoms with Crippen LogP contribution in [0, 0.1) is 0 Å². The van der Waals surface area contributed by atoms with Crippen LogP contribution in [-0.2, 0) is 7.05 Å². The topological polar surface area (TPSA) is 68.8 Å². The second-order valence-corrected chi connectivity index (χ2v) is 3.10. The van der Waals surface area contributed by atoms with E-state index in [1.165, 1.54) is 6.42 Å². The van der Waals surface area contributed by atoms with Crippen molar-refractivity contribution in [1.82, 2.24) is 20.1 Å². The summed E-state index contributed by atoms with van der Waals surface area (Å²) < 4.78 is 1.61. The second kappa shape index (κ2) is 5.38. The molecule has 14 heavy (non-hydrogen) atoms. The van der Waals surface area contributed by atoms with Crippen LogP contribution >= 0.6 is 24.8 Å². The Kier molecular flexibility index (Phi) is 5.18. The number of aromatic nitrogens is 3. The lowest BCUT2D eigenvalue weighted by Crippen LogP contribution is -2.14. The van der Waals surface area contributed by atoms with Crippen molar-refractivity contribution >= 4 is 30.8 Å². The molecule has 7 heteroatoms. The molecule has 1 fully saturated rings. The molecule has 82 valence electrons. The molecule has 5 nitrogen and oxygen atoms in total. The normalized spacial score (nSPS) is 19.9. The van der Waals surface area contributed by atoms with E-state index in [0.29, 0.717) is 12.0 Å². The second-order valence-electron chi connectivity index (χ2n) is 3.10. The summed E-state index contributed by atoms with van der Waals surface area (Å²) in [5.74, 6) is 1.31. The number of hydrogen-bond donors (Lipinski definition) is 2. The van der Waals surface area contributed by atoms with E-state index in [1.807, 2.05) is 0 Å². The van der Waals surface area contributed by atoms with Gasteiger partial charge in [-0.25, -0.2) is 4.68 Å². The van der Waals surface area contributed by atoms with Gasteiger partial charge in [0, 0.05) is 7.05 Å². The number of nitrogen functional groups attached to an aromatic ring is 1. The lowest BCUT2D eigenvalue weighted by atomic mass is 10.2. The van der Waals surface area contributed by atoms with Crippen LogP contribution in [0.25, 0.3) is 0 Å². The molecule has 3 N–H and O–H groups in total. The van der Waals surface area contributed by atoms with E-state index >= 15 is 0 Å². The fourth-order valence-electron chi connectivity index (χ4n) is 1.47. The summed E-state index contributed by atoms with van der Waals surface area (Å²) in [5, 5.41) is 7.53. The lowest BCUT2D eigenvalue weighted by Gasteiger charge is -2.02. The zero-order valence-electron chi connectivity index (χ0n) is 7.93. The Morgan fingerprint density at radius 1 is 1.50 bits per heavy atom. The highest BCUT2D eigenvalue weighted by molar-refractivity contribution is 5.85. The lowest BCUT2D eigenvalue weighted by molar-refractivity contribution is 0.595. The van der Waals surface area contributed by atoms with Crippen LogP contribution in [0.2, 0.25) is 0 Å². The fourth-order valence-corrected chi connectivity index (χ4v) is 1.47. The summed E-state index contributed by atoms with van der Waals surface area (Å²) in [6.07, 6.45) is 2.31. The maximum absolute atomic E-state index is 5.57. The van der Waals surface area contributed by atoms with Crippen LogP contribution in [0.5, 0.6) is 0 Å². The van der Waals surface area contributed by atoms with Crippen LogP contribution < -0.4 is 11.1 Å². The quantitative estimate of drug-likeness (QED) is 0.756. The van der Waals surface area contributed by atoms with Gasteiger partial charge in [0.25, 0.3) is 0 Å². The number of halogens is 2. The molecule has 0 saturated carbocycles. The fraction of sp³-hybridized carbons (Fsp3) is 0.714. The number of anilines is 1. The van der Waals surface area contributed by atoms with Crippen molar-refractivity contribution in [2.24, 2.45) is 7.05 Å². The van der Waals surface area contributed by atoms with Gasteiger partial charge < -0.3 is 11.1 Å². The van der Waals surface area contributed by atoms with Crippen LogP contribution in [0.15, 0.2) is 0 Å². The first-order valence-corrected chi connectivity index (χ1v) is 4.17. The van der Waals surface area contributed by atoms with E-state index in [9.17, 15) is 0 Å². The third-order valence-electron chi connectivity index (χ3n) is 2.19. The molecule has 0 radical (unpaired) electrons. The highest BCUT2D eigenvalue weighted by Crippen LogP contribution is 2.19. The highest BCUT2D eigenvalue weighted by atomic mass is 35.5. The summed E-state index contributed by atoms with van der Waals surface area (Å²) in [7, 11) is 1.81. The van der Waals surface area contributed by atoms with Gasteiger partial charge in [0.15, 0.2) is 5.82 Å². The maximum Gasteiger partial charge on any atom is 0.218 e. The Bertz CT molecular complexity index is 262. The Hall–Kier alpha value is -0.520. The minimum Gasteiger partial charge on any atom is -0.368 e. The molecular formula is C7H15Cl2N5. The van der Waals surface area contributed by atoms with Crippen molar-refractivity contribution < 1.29 is 0 Å². The number of rotatable bonds is 1. The van der Waals surface area contributed by atoms with E-state index in [1.54, 1.807) is 11.7 Å². The van der Waals surface area contributed by atoms with Crippen LogP contribution in [0.1, 0.15) is 24.7 Å². The Labute approximate surface area is 95.3 Å². The van der Waals surface area contributed by atoms with Gasteiger partial charge in [0.1, 0.15) is 0 Å². The highest BCUT2D eigenvalue weighted by Gasteiger charge is 2.20. The molecule has 1 aromatic rings. The summed E-state index contributed by atoms with van der Waals surface area (Å²) in [6.45, 7) is 1.06. The SMILES string of the molecule is Cl.Cl.Cn1nc(C2CCCN2)nc1N. The van der Waals surface area contributed by atoms with Crippen molar-refractivity contribution in [2.45, 2.75) is 18.9 Å². The third kappa shape index (κ3) is 2.50. The van der Waals surface area contributed by atoms with E-state index in [0.717, 1.165) is 18.8 Å². The number of aryl methyl sites for hydroxylation is 1. The van der Waals surface area contributed by atoms with Crippen molar-refractivity contribution in [3.8, 4) is 0 Å². The van der Waals surface area contributed by atoms with E-state index < -0.39 is 0 Å². The van der Waals surface area contributed by atoms with Gasteiger partial charge in [0.05, 0.1) is 6.04 Å². The standard InChI is InChI=1S/C7H13N5.2ClH/c1-12-7(8)10-6(11-12)5-3-2-4-9-5;;/h5,9H,2-4H2,1H3,(H2,8,10,11);2*1H. The van der Waals surface area contributed by atoms with Gasteiger partial charge in [-0.1, -0.05) is 0 Å². The van der Waals surface area contributed by atoms with Crippen LogP contribution in [0.4, 0.5) is 5.95 Å². The molecule has 1 aliphatic heterocycles. The molecule has 2 rings (SSSR count). The van der Waals surface area contributed by atoms with Gasteiger partial charge in [-0.05, 0) is 19.4 Å². The van der Waals surface area contributed by atoms with Gasteiger partial charge in [-0.15, -0.1) is 24.8 Å². The van der Waals surface area contributed by atoms with Gasteiger partial charge in [-0.3, -0.25) is 0 Å². The molecule has 2 heterocycles. The molecule has 0 spiro atoms. The van der Waals surface area contributed by atoms with Crippen molar-refractivity contribution in [2.75, 3.05) is 12.3 Å². The number of nitrogens with two attached hydrogens (primary N) is 1. The summed E-state index contributed by atoms with van der Waals surface area (Å²) in [4.78, 5) is 4.16. The molecule has 0 bridgehead atoms. The predicted octanol–water partition coefficient (Wildman–Crippen LogP) is 0.665. The Morgan fingerprint density at radius 2 is 2.21 bits per heavy atom. The zero-order valence-corrected chi connectivity index (χ0v) is 9.57. The Morgan fingerprint density at radius 3 is 2.64 bits per heavy atom. The van der Waals surface area contributed by atoms with Gasteiger partial charge in [0.2, 0.25) is 5.95 Å². The monoisotopic (exact) mass is 239 g/mol. The number of nitrogens with one attached hydrogen (secondary N) is 1. The molecule has 1 aliphatic rings. The summed E-state index contributed by atoms with van der Waals surface area (Å²) >= 11 is 0. The number of nitrogens with zero attached hydrogens (tertiary/aromatic N) is 3. The van der Waals surface area contributed by atoms with Crippen molar-refractivity contribution in [3.05, 3.63) is 5.82 Å². The summed E-state index contributed by atoms with van der Waals surface area (Å²) in [6, 6.07) is 0.313. The molecule has 1 unspecified atom stereocenters. The van der Waals surface area contributed by atoms with Crippen LogP contribution in [-0.4, -0.2) is 21.3 Å². The molecule has 0 aromatic carbocycles. The first-order valence-electron chi connectivity index (χ1n) is 4.17. The molecular weight excluding hydrogens is 225 g/mol. The van der Waals surface area contributed by atoms with E-state index in [2.05, 4.69) is 15.4 Å². The Balaban J connectivity index is 0.000000845. The average Bonchev–Trinajstić information content (AvgIpc) is 2.61. The van der Waals surface area contributed by atoms with Gasteiger partial charge in [-0.2, -0.15) is 10.1 Å². The summed E-state index contributed by atoms with van der Waals surface area (Å²) in [5.41, 5.74) is 5.57. The average molecular weight is 240 g/mol.